The number of thiazole rings is 1. The molecule has 0 saturated carbocycles. The molecule has 2 N–H and O–H groups in total. The van der Waals surface area contributed by atoms with Crippen molar-refractivity contribution in [2.24, 2.45) is 0 Å². The number of nitrogens with one attached hydrogen (secondary N) is 1. The number of methoxy groups -OCH3 is 1. The number of hydrogen-bond donors (Lipinski definition) is 2. The molecule has 1 rings (SSSR count). The highest BCUT2D eigenvalue weighted by atomic mass is 32.1. The highest BCUT2D eigenvalue weighted by molar-refractivity contribution is 7.09. The molecular weight excluding hydrogens is 256 g/mol. The van der Waals surface area contributed by atoms with E-state index in [0.717, 1.165) is 0 Å². The van der Waals surface area contributed by atoms with Crippen molar-refractivity contribution < 1.29 is 19.4 Å². The van der Waals surface area contributed by atoms with E-state index in [9.17, 15) is 9.59 Å². The Kier molecular flexibility index (Phi) is 5.73. The van der Waals surface area contributed by atoms with Gasteiger partial charge in [0.1, 0.15) is 16.7 Å². The Hall–Kier alpha value is -1.47. The lowest BCUT2D eigenvalue weighted by molar-refractivity contribution is -0.139. The van der Waals surface area contributed by atoms with Gasteiger partial charge in [0, 0.05) is 12.5 Å². The Bertz CT molecular complexity index is 419. The number of nitrogens with zero attached hydrogens (tertiary/aromatic N) is 1. The predicted molar refractivity (Wildman–Crippen MR) is 66.6 cm³/mol. The van der Waals surface area contributed by atoms with Crippen LogP contribution >= 0.6 is 11.3 Å². The summed E-state index contributed by atoms with van der Waals surface area (Å²) in [6, 6.07) is -0.866. The van der Waals surface area contributed by atoms with Crippen LogP contribution < -0.4 is 5.32 Å². The van der Waals surface area contributed by atoms with Gasteiger partial charge in [-0.2, -0.15) is 0 Å². The number of aromatic nitrogens is 1. The molecule has 1 unspecified atom stereocenters. The summed E-state index contributed by atoms with van der Waals surface area (Å²) in [7, 11) is 1.54. The first-order valence-electron chi connectivity index (χ1n) is 5.55. The van der Waals surface area contributed by atoms with Gasteiger partial charge in [-0.05, 0) is 6.42 Å². The van der Waals surface area contributed by atoms with Crippen molar-refractivity contribution in [3.8, 4) is 0 Å². The quantitative estimate of drug-likeness (QED) is 0.780. The summed E-state index contributed by atoms with van der Waals surface area (Å²) < 4.78 is 4.90. The van der Waals surface area contributed by atoms with Crippen LogP contribution in [0.1, 0.15) is 35.3 Å². The molecule has 0 aliphatic rings. The van der Waals surface area contributed by atoms with Gasteiger partial charge in [-0.15, -0.1) is 11.3 Å². The molecule has 0 aliphatic heterocycles. The lowest BCUT2D eigenvalue weighted by atomic mass is 10.1. The minimum Gasteiger partial charge on any atom is -0.480 e. The average molecular weight is 272 g/mol. The second-order valence-corrected chi connectivity index (χ2v) is 4.66. The monoisotopic (exact) mass is 272 g/mol. The Morgan fingerprint density at radius 2 is 2.33 bits per heavy atom. The number of aliphatic carboxylic acids is 1. The normalized spacial score (nSPS) is 12.1. The molecule has 0 aliphatic carbocycles. The van der Waals surface area contributed by atoms with Gasteiger partial charge in [0.15, 0.2) is 0 Å². The molecule has 0 bridgehead atoms. The van der Waals surface area contributed by atoms with Crippen molar-refractivity contribution in [1.82, 2.24) is 10.3 Å². The molecule has 0 saturated heterocycles. The topological polar surface area (TPSA) is 88.5 Å². The number of amides is 1. The third-order valence-electron chi connectivity index (χ3n) is 2.23. The van der Waals surface area contributed by atoms with E-state index < -0.39 is 17.9 Å². The maximum atomic E-state index is 11.8. The zero-order valence-electron chi connectivity index (χ0n) is 10.3. The van der Waals surface area contributed by atoms with Crippen LogP contribution in [0.2, 0.25) is 0 Å². The maximum absolute atomic E-state index is 11.8. The third-order valence-corrected chi connectivity index (χ3v) is 3.06. The predicted octanol–water partition coefficient (Wildman–Crippen LogP) is 1.27. The largest absolute Gasteiger partial charge is 0.480 e. The van der Waals surface area contributed by atoms with Crippen molar-refractivity contribution in [3.63, 3.8) is 0 Å². The molecule has 0 radical (unpaired) electrons. The second-order valence-electron chi connectivity index (χ2n) is 3.71. The lowest BCUT2D eigenvalue weighted by Crippen LogP contribution is -2.40. The average Bonchev–Trinajstić information content (AvgIpc) is 2.77. The first-order chi connectivity index (χ1) is 8.58. The summed E-state index contributed by atoms with van der Waals surface area (Å²) in [5.74, 6) is -1.49. The molecule has 0 spiro atoms. The maximum Gasteiger partial charge on any atom is 0.326 e. The molecule has 7 heteroatoms. The smallest absolute Gasteiger partial charge is 0.326 e. The number of hydrogen-bond acceptors (Lipinski definition) is 5. The van der Waals surface area contributed by atoms with Crippen molar-refractivity contribution in [2.75, 3.05) is 7.11 Å². The molecule has 6 nitrogen and oxygen atoms in total. The molecule has 18 heavy (non-hydrogen) atoms. The van der Waals surface area contributed by atoms with E-state index in [0.29, 0.717) is 24.5 Å². The van der Waals surface area contributed by atoms with Crippen LogP contribution in [0.3, 0.4) is 0 Å². The third kappa shape index (κ3) is 4.08. The van der Waals surface area contributed by atoms with Gasteiger partial charge in [-0.1, -0.05) is 13.3 Å². The Labute approximate surface area is 109 Å². The van der Waals surface area contributed by atoms with Crippen LogP contribution in [0, 0.1) is 0 Å². The van der Waals surface area contributed by atoms with E-state index in [1.54, 1.807) is 12.5 Å². The fourth-order valence-corrected chi connectivity index (χ4v) is 2.13. The summed E-state index contributed by atoms with van der Waals surface area (Å²) in [5.41, 5.74) is 0.231. The molecule has 1 heterocycles. The zero-order valence-corrected chi connectivity index (χ0v) is 11.1. The molecule has 1 aromatic rings. The molecule has 100 valence electrons. The van der Waals surface area contributed by atoms with E-state index in [4.69, 9.17) is 9.84 Å². The second kappa shape index (κ2) is 7.07. The highest BCUT2D eigenvalue weighted by Gasteiger charge is 2.20. The molecule has 0 fully saturated rings. The van der Waals surface area contributed by atoms with E-state index in [2.05, 4.69) is 10.3 Å². The molecule has 1 aromatic heterocycles. The fourth-order valence-electron chi connectivity index (χ4n) is 1.38. The minimum atomic E-state index is -1.03. The van der Waals surface area contributed by atoms with Crippen LogP contribution in [0.5, 0.6) is 0 Å². The molecule has 1 atom stereocenters. The highest BCUT2D eigenvalue weighted by Crippen LogP contribution is 2.11. The van der Waals surface area contributed by atoms with Crippen LogP contribution in [-0.4, -0.2) is 35.1 Å². The van der Waals surface area contributed by atoms with Gasteiger partial charge in [-0.25, -0.2) is 9.78 Å². The molecule has 0 aromatic carbocycles. The van der Waals surface area contributed by atoms with Crippen molar-refractivity contribution in [1.29, 1.82) is 0 Å². The first kappa shape index (κ1) is 14.6. The number of ether oxygens (including phenoxy) is 1. The van der Waals surface area contributed by atoms with Crippen LogP contribution in [0.25, 0.3) is 0 Å². The van der Waals surface area contributed by atoms with Gasteiger partial charge in [-0.3, -0.25) is 4.79 Å². The summed E-state index contributed by atoms with van der Waals surface area (Å²) in [6.45, 7) is 2.21. The SMILES string of the molecule is CCCC(NC(=O)c1csc(COC)n1)C(=O)O. The molecular formula is C11H16N2O4S. The van der Waals surface area contributed by atoms with E-state index in [1.807, 2.05) is 6.92 Å². The number of carboxylic acids is 1. The van der Waals surface area contributed by atoms with Crippen LogP contribution in [0.15, 0.2) is 5.38 Å². The lowest BCUT2D eigenvalue weighted by Gasteiger charge is -2.12. The first-order valence-corrected chi connectivity index (χ1v) is 6.43. The van der Waals surface area contributed by atoms with Crippen molar-refractivity contribution in [2.45, 2.75) is 32.4 Å². The Morgan fingerprint density at radius 3 is 2.89 bits per heavy atom. The zero-order chi connectivity index (χ0) is 13.5. The fraction of sp³-hybridized carbons (Fsp3) is 0.545. The van der Waals surface area contributed by atoms with Gasteiger partial charge >= 0.3 is 5.97 Å². The Morgan fingerprint density at radius 1 is 1.61 bits per heavy atom. The van der Waals surface area contributed by atoms with E-state index in [1.165, 1.54) is 11.3 Å². The molecule has 1 amide bonds. The van der Waals surface area contributed by atoms with Gasteiger partial charge in [0.2, 0.25) is 0 Å². The number of carbonyl (C=O) groups is 2. The van der Waals surface area contributed by atoms with E-state index in [-0.39, 0.29) is 5.69 Å². The standard InChI is InChI=1S/C11H16N2O4S/c1-3-4-7(11(15)16)13-10(14)8-6-18-9(12-8)5-17-2/h6-7H,3-5H2,1-2H3,(H,13,14)(H,15,16). The Balaban J connectivity index is 2.64. The number of rotatable bonds is 7. The number of carbonyl (C=O) groups excluding carboxylic acids is 1. The summed E-state index contributed by atoms with van der Waals surface area (Å²) in [6.07, 6.45) is 1.08. The summed E-state index contributed by atoms with van der Waals surface area (Å²) in [4.78, 5) is 26.8. The van der Waals surface area contributed by atoms with Crippen molar-refractivity contribution in [3.05, 3.63) is 16.1 Å². The van der Waals surface area contributed by atoms with Gasteiger partial charge in [0.05, 0.1) is 6.61 Å². The van der Waals surface area contributed by atoms with Crippen LogP contribution in [-0.2, 0) is 16.1 Å². The van der Waals surface area contributed by atoms with E-state index >= 15 is 0 Å². The minimum absolute atomic E-state index is 0.231. The number of carboxylic acid groups (broad SMARTS) is 1. The summed E-state index contributed by atoms with van der Waals surface area (Å²) >= 11 is 1.31. The van der Waals surface area contributed by atoms with Crippen molar-refractivity contribution >= 4 is 23.2 Å². The van der Waals surface area contributed by atoms with Crippen LogP contribution in [0.4, 0.5) is 0 Å². The van der Waals surface area contributed by atoms with Gasteiger partial charge < -0.3 is 15.2 Å². The van der Waals surface area contributed by atoms with Gasteiger partial charge in [0.25, 0.3) is 5.91 Å². The summed E-state index contributed by atoms with van der Waals surface area (Å²) in [5, 5.41) is 13.7.